The Labute approximate surface area is 233 Å². The number of hydrogen-bond acceptors (Lipinski definition) is 10. The Morgan fingerprint density at radius 1 is 0.659 bits per heavy atom. The highest BCUT2D eigenvalue weighted by Crippen LogP contribution is 2.30. The summed E-state index contributed by atoms with van der Waals surface area (Å²) in [6.07, 6.45) is 0. The minimum absolute atomic E-state index is 0.0244. The van der Waals surface area contributed by atoms with E-state index in [0.717, 1.165) is 0 Å². The summed E-state index contributed by atoms with van der Waals surface area (Å²) in [7, 11) is 0. The van der Waals surface area contributed by atoms with Crippen LogP contribution in [0.3, 0.4) is 0 Å². The van der Waals surface area contributed by atoms with Crippen molar-refractivity contribution in [3.63, 3.8) is 0 Å². The molecular weight excluding hydrogens is 532 g/mol. The molecule has 0 amide bonds. The molecule has 0 fully saturated rings. The van der Waals surface area contributed by atoms with Crippen LogP contribution in [0.25, 0.3) is 0 Å². The van der Waals surface area contributed by atoms with Crippen molar-refractivity contribution >= 4 is 23.3 Å². The van der Waals surface area contributed by atoms with E-state index in [1.807, 2.05) is 0 Å². The van der Waals surface area contributed by atoms with E-state index in [0.29, 0.717) is 5.56 Å². The number of hydrogen-bond donors (Lipinski definition) is 2. The van der Waals surface area contributed by atoms with Crippen LogP contribution >= 0.6 is 0 Å². The van der Waals surface area contributed by atoms with Crippen molar-refractivity contribution < 1.29 is 28.9 Å². The van der Waals surface area contributed by atoms with E-state index in [9.17, 15) is 29.8 Å². The molecule has 0 aliphatic heterocycles. The lowest BCUT2D eigenvalue weighted by Gasteiger charge is -2.28. The third kappa shape index (κ3) is 6.24. The number of carbonyl (C=O) groups excluding carboxylic acids is 2. The molecule has 12 heteroatoms. The van der Waals surface area contributed by atoms with Crippen LogP contribution in [0.5, 0.6) is 0 Å². The van der Waals surface area contributed by atoms with E-state index in [1.165, 1.54) is 54.6 Å². The Morgan fingerprint density at radius 2 is 1.15 bits per heavy atom. The van der Waals surface area contributed by atoms with E-state index < -0.39 is 40.7 Å². The van der Waals surface area contributed by atoms with Crippen molar-refractivity contribution in [2.45, 2.75) is 18.9 Å². The molecule has 12 nitrogen and oxygen atoms in total. The average molecular weight is 557 g/mol. The maximum Gasteiger partial charge on any atom is 0.339 e. The Morgan fingerprint density at radius 3 is 1.68 bits per heavy atom. The van der Waals surface area contributed by atoms with Gasteiger partial charge in [-0.3, -0.25) is 20.2 Å². The van der Waals surface area contributed by atoms with Crippen LogP contribution in [0.2, 0.25) is 0 Å². The predicted octanol–water partition coefficient (Wildman–Crippen LogP) is 4.34. The van der Waals surface area contributed by atoms with E-state index in [2.05, 4.69) is 0 Å². The highest BCUT2D eigenvalue weighted by molar-refractivity contribution is 6.04. The largest absolute Gasteiger partial charge is 0.457 e. The van der Waals surface area contributed by atoms with Crippen LogP contribution in [0, 0.1) is 20.2 Å². The van der Waals surface area contributed by atoms with Crippen LogP contribution in [0.15, 0.2) is 97.1 Å². The number of nitrogens with two attached hydrogens (primary N) is 2. The number of ether oxygens (including phenoxy) is 2. The van der Waals surface area contributed by atoms with Crippen molar-refractivity contribution in [3.05, 3.63) is 151 Å². The second kappa shape index (κ2) is 12.2. The SMILES string of the molecule is NC(N)(c1ccccc1)c1cccc(C(=O)OCc2ccccc2[N+](=O)[O-])c1C(=O)OCc1ccccc1[N+](=O)[O-]. The molecule has 0 unspecified atom stereocenters. The first-order chi connectivity index (χ1) is 19.6. The van der Waals surface area contributed by atoms with Crippen LogP contribution in [0.4, 0.5) is 11.4 Å². The predicted molar refractivity (Wildman–Crippen MR) is 146 cm³/mol. The summed E-state index contributed by atoms with van der Waals surface area (Å²) >= 11 is 0. The highest BCUT2D eigenvalue weighted by atomic mass is 16.6. The zero-order chi connectivity index (χ0) is 29.6. The van der Waals surface area contributed by atoms with Crippen molar-refractivity contribution in [2.75, 3.05) is 0 Å². The van der Waals surface area contributed by atoms with Crippen molar-refractivity contribution in [1.82, 2.24) is 0 Å². The smallest absolute Gasteiger partial charge is 0.339 e. The van der Waals surface area contributed by atoms with Gasteiger partial charge in [0.1, 0.15) is 18.9 Å². The summed E-state index contributed by atoms with van der Waals surface area (Å²) < 4.78 is 10.8. The van der Waals surface area contributed by atoms with Gasteiger partial charge in [-0.05, 0) is 23.8 Å². The Hall–Kier alpha value is -5.46. The zero-order valence-electron chi connectivity index (χ0n) is 21.5. The summed E-state index contributed by atoms with van der Waals surface area (Å²) in [6.45, 7) is -0.942. The number of nitrogens with zero attached hydrogens (tertiary/aromatic N) is 2. The number of para-hydroxylation sites is 2. The van der Waals surface area contributed by atoms with Crippen LogP contribution in [-0.2, 0) is 28.4 Å². The van der Waals surface area contributed by atoms with Gasteiger partial charge >= 0.3 is 11.9 Å². The van der Waals surface area contributed by atoms with Crippen molar-refractivity contribution in [1.29, 1.82) is 0 Å². The summed E-state index contributed by atoms with van der Waals surface area (Å²) in [5.41, 5.74) is 10.9. The van der Waals surface area contributed by atoms with E-state index in [-0.39, 0.29) is 39.2 Å². The van der Waals surface area contributed by atoms with Crippen molar-refractivity contribution in [2.24, 2.45) is 11.5 Å². The molecule has 0 spiro atoms. The Balaban J connectivity index is 1.73. The van der Waals surface area contributed by atoms with Crippen LogP contribution in [-0.4, -0.2) is 21.8 Å². The van der Waals surface area contributed by atoms with Gasteiger partial charge in [-0.25, -0.2) is 9.59 Å². The lowest BCUT2D eigenvalue weighted by atomic mass is 9.87. The first kappa shape index (κ1) is 28.5. The van der Waals surface area contributed by atoms with Gasteiger partial charge in [-0.15, -0.1) is 0 Å². The number of carbonyl (C=O) groups is 2. The lowest BCUT2D eigenvalue weighted by Crippen LogP contribution is -2.48. The molecule has 0 bridgehead atoms. The number of rotatable bonds is 10. The molecule has 4 rings (SSSR count). The lowest BCUT2D eigenvalue weighted by molar-refractivity contribution is -0.386. The molecule has 208 valence electrons. The normalized spacial score (nSPS) is 11.0. The minimum Gasteiger partial charge on any atom is -0.457 e. The molecule has 0 aromatic heterocycles. The topological polar surface area (TPSA) is 191 Å². The second-order valence-electron chi connectivity index (χ2n) is 8.89. The monoisotopic (exact) mass is 556 g/mol. The summed E-state index contributed by atoms with van der Waals surface area (Å²) in [5, 5.41) is 22.8. The maximum atomic E-state index is 13.5. The summed E-state index contributed by atoms with van der Waals surface area (Å²) in [4.78, 5) is 48.4. The maximum absolute atomic E-state index is 13.5. The van der Waals surface area contributed by atoms with Crippen LogP contribution in [0.1, 0.15) is 43.0 Å². The molecular formula is C29H24N4O8. The molecule has 41 heavy (non-hydrogen) atoms. The number of benzene rings is 4. The molecule has 0 aliphatic rings. The fraction of sp³-hybridized carbons (Fsp3) is 0.103. The Kier molecular flexibility index (Phi) is 8.46. The van der Waals surface area contributed by atoms with Gasteiger partial charge in [0.2, 0.25) is 0 Å². The van der Waals surface area contributed by atoms with E-state index in [4.69, 9.17) is 20.9 Å². The fourth-order valence-corrected chi connectivity index (χ4v) is 4.22. The zero-order valence-corrected chi connectivity index (χ0v) is 21.5. The van der Waals surface area contributed by atoms with Gasteiger partial charge in [0.15, 0.2) is 0 Å². The molecule has 0 heterocycles. The highest BCUT2D eigenvalue weighted by Gasteiger charge is 2.34. The molecule has 0 radical (unpaired) electrons. The Bertz CT molecular complexity index is 1620. The van der Waals surface area contributed by atoms with Gasteiger partial charge in [-0.2, -0.15) is 0 Å². The third-order valence-corrected chi connectivity index (χ3v) is 6.28. The molecule has 4 aromatic carbocycles. The van der Waals surface area contributed by atoms with Gasteiger partial charge < -0.3 is 20.9 Å². The number of nitro benzene ring substituents is 2. The summed E-state index contributed by atoms with van der Waals surface area (Å²) in [5.74, 6) is -2.03. The molecule has 0 atom stereocenters. The van der Waals surface area contributed by atoms with Gasteiger partial charge in [-0.1, -0.05) is 66.7 Å². The van der Waals surface area contributed by atoms with E-state index in [1.54, 1.807) is 42.5 Å². The second-order valence-corrected chi connectivity index (χ2v) is 8.89. The standard InChI is InChI=1S/C29H24N4O8/c30-29(31,21-11-2-1-3-12-21)23-14-8-13-22(27(34)40-17-19-9-4-6-15-24(19)32(36)37)26(23)28(35)41-18-20-10-5-7-16-25(20)33(38)39/h1-16H,17-18,30-31H2. The first-order valence-corrected chi connectivity index (χ1v) is 12.2. The molecule has 4 aromatic rings. The molecule has 4 N–H and O–H groups in total. The number of esters is 2. The number of nitro groups is 2. The van der Waals surface area contributed by atoms with Gasteiger partial charge in [0.25, 0.3) is 11.4 Å². The molecule has 0 saturated heterocycles. The third-order valence-electron chi connectivity index (χ3n) is 6.28. The molecule has 0 aliphatic carbocycles. The quantitative estimate of drug-likeness (QED) is 0.123. The van der Waals surface area contributed by atoms with Crippen molar-refractivity contribution in [3.8, 4) is 0 Å². The first-order valence-electron chi connectivity index (χ1n) is 12.2. The van der Waals surface area contributed by atoms with Gasteiger partial charge in [0.05, 0.1) is 32.1 Å². The van der Waals surface area contributed by atoms with E-state index >= 15 is 0 Å². The summed E-state index contributed by atoms with van der Waals surface area (Å²) in [6, 6.07) is 24.1. The average Bonchev–Trinajstić information content (AvgIpc) is 2.98. The minimum atomic E-state index is -1.77. The van der Waals surface area contributed by atoms with Gasteiger partial charge in [0, 0.05) is 17.7 Å². The molecule has 0 saturated carbocycles. The van der Waals surface area contributed by atoms with Crippen LogP contribution < -0.4 is 11.5 Å². The fourth-order valence-electron chi connectivity index (χ4n) is 4.22.